The molecule has 4 aromatic heterocycles. The van der Waals surface area contributed by atoms with Crippen molar-refractivity contribution in [3.8, 4) is 11.3 Å². The second-order valence-corrected chi connectivity index (χ2v) is 9.24. The molecule has 13 heteroatoms. The van der Waals surface area contributed by atoms with Gasteiger partial charge in [0.15, 0.2) is 0 Å². The quantitative estimate of drug-likeness (QED) is 0.422. The summed E-state index contributed by atoms with van der Waals surface area (Å²) in [5.41, 5.74) is 1.87. The number of carbonyl (C=O) groups is 1. The van der Waals surface area contributed by atoms with E-state index in [1.54, 1.807) is 27.9 Å². The standard InChI is InChI=1S/C21H21B2F3N6O2/c22-20(23)10-30(5-6-34-12-20)19(33)15-7-17-13(8-27-15)18(29-32(17)11-21(24,25)26)14-9-28-31-4-2-1-3-16(14)31/h1-4,7-9H,5-6,10-12,22-23H2. The van der Waals surface area contributed by atoms with Crippen molar-refractivity contribution in [2.45, 2.75) is 17.9 Å². The van der Waals surface area contributed by atoms with Gasteiger partial charge in [0.05, 0.1) is 23.8 Å². The monoisotopic (exact) mass is 468 g/mol. The predicted molar refractivity (Wildman–Crippen MR) is 124 cm³/mol. The number of hydrogen-bond acceptors (Lipinski definition) is 5. The van der Waals surface area contributed by atoms with Crippen molar-refractivity contribution < 1.29 is 22.7 Å². The van der Waals surface area contributed by atoms with Crippen LogP contribution in [0.5, 0.6) is 0 Å². The number of ether oxygens (including phenoxy) is 1. The number of amides is 1. The maximum Gasteiger partial charge on any atom is 0.408 e. The topological polar surface area (TPSA) is 77.6 Å². The van der Waals surface area contributed by atoms with Gasteiger partial charge >= 0.3 is 6.18 Å². The van der Waals surface area contributed by atoms with Crippen molar-refractivity contribution in [2.75, 3.05) is 26.3 Å². The third kappa shape index (κ3) is 4.27. The summed E-state index contributed by atoms with van der Waals surface area (Å²) in [5, 5.41) is 8.71. The molecule has 1 fully saturated rings. The zero-order chi connectivity index (χ0) is 24.1. The Kier molecular flexibility index (Phi) is 5.38. The lowest BCUT2D eigenvalue weighted by Crippen LogP contribution is -2.39. The molecule has 34 heavy (non-hydrogen) atoms. The maximum atomic E-state index is 13.4. The van der Waals surface area contributed by atoms with Crippen LogP contribution in [0.3, 0.4) is 0 Å². The van der Waals surface area contributed by atoms with Gasteiger partial charge in [-0.05, 0) is 23.4 Å². The van der Waals surface area contributed by atoms with Crippen LogP contribution in [0.2, 0.25) is 5.21 Å². The molecule has 0 radical (unpaired) electrons. The molecule has 0 aliphatic carbocycles. The first-order valence-electron chi connectivity index (χ1n) is 10.8. The average molecular weight is 468 g/mol. The fraction of sp³-hybridized carbons (Fsp3) is 0.333. The lowest BCUT2D eigenvalue weighted by atomic mass is 9.55. The van der Waals surface area contributed by atoms with Gasteiger partial charge in [0, 0.05) is 43.0 Å². The molecule has 0 spiro atoms. The summed E-state index contributed by atoms with van der Waals surface area (Å²) in [6, 6.07) is 6.82. The summed E-state index contributed by atoms with van der Waals surface area (Å²) >= 11 is 0. The number of carbonyl (C=O) groups excluding carboxylic acids is 1. The fourth-order valence-electron chi connectivity index (χ4n) is 4.29. The van der Waals surface area contributed by atoms with Gasteiger partial charge in [-0.3, -0.25) is 14.5 Å². The highest BCUT2D eigenvalue weighted by Gasteiger charge is 2.32. The molecule has 5 rings (SSSR count). The molecule has 1 amide bonds. The van der Waals surface area contributed by atoms with Gasteiger partial charge in [-0.15, -0.1) is 0 Å². The van der Waals surface area contributed by atoms with Gasteiger partial charge in [0.1, 0.15) is 33.6 Å². The van der Waals surface area contributed by atoms with Crippen LogP contribution in [0.15, 0.2) is 42.9 Å². The molecule has 0 unspecified atom stereocenters. The van der Waals surface area contributed by atoms with E-state index in [2.05, 4.69) is 15.2 Å². The minimum absolute atomic E-state index is 0.0694. The number of nitrogens with zero attached hydrogens (tertiary/aromatic N) is 6. The van der Waals surface area contributed by atoms with Crippen molar-refractivity contribution in [1.29, 1.82) is 0 Å². The molecule has 1 aliphatic heterocycles. The van der Waals surface area contributed by atoms with E-state index in [1.807, 2.05) is 27.8 Å². The molecule has 0 bridgehead atoms. The third-order valence-electron chi connectivity index (χ3n) is 5.77. The molecule has 174 valence electrons. The average Bonchev–Trinajstić information content (AvgIpc) is 3.29. The summed E-state index contributed by atoms with van der Waals surface area (Å²) in [7, 11) is 3.99. The van der Waals surface area contributed by atoms with Crippen molar-refractivity contribution in [3.63, 3.8) is 0 Å². The van der Waals surface area contributed by atoms with Gasteiger partial charge in [-0.1, -0.05) is 6.07 Å². The van der Waals surface area contributed by atoms with Gasteiger partial charge in [-0.25, -0.2) is 4.52 Å². The van der Waals surface area contributed by atoms with E-state index < -0.39 is 12.7 Å². The van der Waals surface area contributed by atoms with E-state index in [9.17, 15) is 18.0 Å². The lowest BCUT2D eigenvalue weighted by Gasteiger charge is -2.28. The molecule has 8 nitrogen and oxygen atoms in total. The Morgan fingerprint density at radius 2 is 2.03 bits per heavy atom. The SMILES string of the molecule is BC1(B)COCCN(C(=O)c2cc3c(cn2)c(-c2cnn4ccccc24)nn3CC(F)(F)F)C1. The van der Waals surface area contributed by atoms with Crippen LogP contribution in [0.4, 0.5) is 13.2 Å². The van der Waals surface area contributed by atoms with Gasteiger partial charge in [0.2, 0.25) is 0 Å². The number of hydrogen-bond donors (Lipinski definition) is 0. The molecule has 0 aromatic carbocycles. The van der Waals surface area contributed by atoms with Crippen molar-refractivity contribution in [1.82, 2.24) is 29.3 Å². The molecule has 1 aliphatic rings. The van der Waals surface area contributed by atoms with Crippen LogP contribution in [0, 0.1) is 0 Å². The highest BCUT2D eigenvalue weighted by Crippen LogP contribution is 2.32. The first-order chi connectivity index (χ1) is 16.1. The summed E-state index contributed by atoms with van der Waals surface area (Å²) in [4.78, 5) is 19.2. The smallest absolute Gasteiger partial charge is 0.380 e. The Balaban J connectivity index is 1.61. The number of halogens is 3. The highest BCUT2D eigenvalue weighted by molar-refractivity contribution is 6.40. The van der Waals surface area contributed by atoms with Crippen molar-refractivity contribution in [3.05, 3.63) is 48.5 Å². The Hall–Kier alpha value is -3.34. The molecule has 1 saturated heterocycles. The van der Waals surface area contributed by atoms with E-state index in [4.69, 9.17) is 4.74 Å². The van der Waals surface area contributed by atoms with Crippen LogP contribution >= 0.6 is 0 Å². The highest BCUT2D eigenvalue weighted by atomic mass is 19.4. The Morgan fingerprint density at radius 1 is 1.21 bits per heavy atom. The van der Waals surface area contributed by atoms with Crippen molar-refractivity contribution >= 4 is 38.0 Å². The summed E-state index contributed by atoms with van der Waals surface area (Å²) in [5.74, 6) is -0.349. The zero-order valence-electron chi connectivity index (χ0n) is 18.7. The van der Waals surface area contributed by atoms with Crippen molar-refractivity contribution in [2.24, 2.45) is 0 Å². The molecular weight excluding hydrogens is 447 g/mol. The summed E-state index contributed by atoms with van der Waals surface area (Å²) < 4.78 is 48.2. The maximum absolute atomic E-state index is 13.4. The minimum atomic E-state index is -4.49. The third-order valence-corrected chi connectivity index (χ3v) is 5.77. The number of rotatable bonds is 3. The molecule has 5 heterocycles. The molecule has 0 saturated carbocycles. The normalized spacial score (nSPS) is 16.7. The van der Waals surface area contributed by atoms with E-state index in [0.717, 1.165) is 4.68 Å². The first kappa shape index (κ1) is 22.5. The number of aromatic nitrogens is 5. The molecular formula is C21H21B2F3N6O2. The summed E-state index contributed by atoms with van der Waals surface area (Å²) in [6.45, 7) is 0.469. The van der Waals surface area contributed by atoms with Gasteiger partial charge in [-0.2, -0.15) is 23.4 Å². The largest absolute Gasteiger partial charge is 0.408 e. The van der Waals surface area contributed by atoms with E-state index in [0.29, 0.717) is 48.5 Å². The number of pyridine rings is 2. The molecule has 4 aromatic rings. The second kappa shape index (κ2) is 8.15. The van der Waals surface area contributed by atoms with Crippen LogP contribution in [0.25, 0.3) is 27.7 Å². The van der Waals surface area contributed by atoms with E-state index in [1.165, 1.54) is 12.3 Å². The minimum Gasteiger partial charge on any atom is -0.380 e. The Labute approximate surface area is 194 Å². The fourth-order valence-corrected chi connectivity index (χ4v) is 4.29. The first-order valence-corrected chi connectivity index (χ1v) is 10.8. The lowest BCUT2D eigenvalue weighted by molar-refractivity contribution is -0.141. The van der Waals surface area contributed by atoms with Gasteiger partial charge in [0.25, 0.3) is 5.91 Å². The second-order valence-electron chi connectivity index (χ2n) is 9.24. The Bertz CT molecular complexity index is 1380. The van der Waals surface area contributed by atoms with Crippen LogP contribution < -0.4 is 0 Å². The summed E-state index contributed by atoms with van der Waals surface area (Å²) in [6.07, 6.45) is 0.239. The molecule has 0 N–H and O–H groups in total. The Morgan fingerprint density at radius 3 is 2.82 bits per heavy atom. The van der Waals surface area contributed by atoms with Crippen LogP contribution in [-0.2, 0) is 11.3 Å². The van der Waals surface area contributed by atoms with E-state index >= 15 is 0 Å². The zero-order valence-corrected chi connectivity index (χ0v) is 18.7. The van der Waals surface area contributed by atoms with Gasteiger partial charge < -0.3 is 9.64 Å². The predicted octanol–water partition coefficient (Wildman–Crippen LogP) is 1.16. The number of fused-ring (bicyclic) bond motifs is 2. The number of alkyl halides is 3. The van der Waals surface area contributed by atoms with Crippen LogP contribution in [0.1, 0.15) is 10.5 Å². The van der Waals surface area contributed by atoms with E-state index in [-0.39, 0.29) is 22.3 Å². The molecule has 0 atom stereocenters. The van der Waals surface area contributed by atoms with Crippen LogP contribution in [-0.4, -0.2) is 83.4 Å².